The van der Waals surface area contributed by atoms with E-state index in [1.165, 1.54) is 25.1 Å². The van der Waals surface area contributed by atoms with Crippen molar-refractivity contribution in [2.45, 2.75) is 26.1 Å². The van der Waals surface area contributed by atoms with Gasteiger partial charge >= 0.3 is 6.18 Å². The number of hydrogen-bond acceptors (Lipinski definition) is 3. The molecule has 0 radical (unpaired) electrons. The minimum Gasteiger partial charge on any atom is -0.355 e. The van der Waals surface area contributed by atoms with Crippen LogP contribution in [0, 0.1) is 11.3 Å². The van der Waals surface area contributed by atoms with Gasteiger partial charge in [-0.2, -0.15) is 18.4 Å². The lowest BCUT2D eigenvalue weighted by molar-refractivity contribution is -0.126. The summed E-state index contributed by atoms with van der Waals surface area (Å²) < 4.78 is 38.4. The molecule has 1 N–H and O–H groups in total. The van der Waals surface area contributed by atoms with Crippen molar-refractivity contribution in [1.29, 1.82) is 5.26 Å². The Balaban J connectivity index is 3.18. The third kappa shape index (κ3) is 4.81. The molecule has 120 valence electrons. The molecule has 0 saturated heterocycles. The van der Waals surface area contributed by atoms with Gasteiger partial charge in [0.15, 0.2) is 0 Å². The van der Waals surface area contributed by atoms with E-state index in [9.17, 15) is 18.0 Å². The van der Waals surface area contributed by atoms with Crippen LogP contribution < -0.4 is 10.2 Å². The Hall–Kier alpha value is -1.94. The van der Waals surface area contributed by atoms with Gasteiger partial charge in [0.1, 0.15) is 18.7 Å². The molecule has 0 saturated carbocycles. The number of nitriles is 1. The first kappa shape index (κ1) is 18.1. The first-order valence-corrected chi connectivity index (χ1v) is 6.88. The van der Waals surface area contributed by atoms with Gasteiger partial charge in [0.2, 0.25) is 5.91 Å². The van der Waals surface area contributed by atoms with Crippen LogP contribution in [0.3, 0.4) is 0 Å². The first-order valence-electron chi connectivity index (χ1n) is 6.50. The largest absolute Gasteiger partial charge is 0.405 e. The number of alkyl halides is 3. The summed E-state index contributed by atoms with van der Waals surface area (Å²) in [4.78, 5) is 12.7. The number of benzene rings is 1. The summed E-state index contributed by atoms with van der Waals surface area (Å²) in [6.45, 7) is 2.07. The molecule has 0 spiro atoms. The molecule has 0 heterocycles. The van der Waals surface area contributed by atoms with Gasteiger partial charge in [-0.1, -0.05) is 11.6 Å². The van der Waals surface area contributed by atoms with E-state index in [2.05, 4.69) is 5.32 Å². The van der Waals surface area contributed by atoms with Crippen molar-refractivity contribution in [2.75, 3.05) is 18.0 Å². The first-order chi connectivity index (χ1) is 10.2. The van der Waals surface area contributed by atoms with Crippen LogP contribution in [-0.4, -0.2) is 31.2 Å². The molecule has 8 heteroatoms. The van der Waals surface area contributed by atoms with E-state index in [4.69, 9.17) is 16.9 Å². The number of halogens is 4. The summed E-state index contributed by atoms with van der Waals surface area (Å²) in [7, 11) is 0. The number of hydrogen-bond donors (Lipinski definition) is 1. The SMILES string of the molecule is CCNC(=O)C(C)N(CC(F)(F)F)c1ccc(C#N)c(Cl)c1. The maximum Gasteiger partial charge on any atom is 0.405 e. The lowest BCUT2D eigenvalue weighted by atomic mass is 10.1. The third-order valence-electron chi connectivity index (χ3n) is 2.95. The molecule has 1 aromatic carbocycles. The number of carbonyl (C=O) groups excluding carboxylic acids is 1. The van der Waals surface area contributed by atoms with Gasteiger partial charge in [0.25, 0.3) is 0 Å². The van der Waals surface area contributed by atoms with Crippen LogP contribution in [0.5, 0.6) is 0 Å². The van der Waals surface area contributed by atoms with E-state index in [1.54, 1.807) is 6.92 Å². The molecule has 1 amide bonds. The van der Waals surface area contributed by atoms with Crippen molar-refractivity contribution >= 4 is 23.2 Å². The number of likely N-dealkylation sites (N-methyl/N-ethyl adjacent to an activating group) is 1. The Morgan fingerprint density at radius 2 is 2.14 bits per heavy atom. The Labute approximate surface area is 131 Å². The summed E-state index contributed by atoms with van der Waals surface area (Å²) >= 11 is 5.86. The van der Waals surface area contributed by atoms with Crippen molar-refractivity contribution in [3.8, 4) is 6.07 Å². The Morgan fingerprint density at radius 1 is 1.50 bits per heavy atom. The zero-order chi connectivity index (χ0) is 16.9. The van der Waals surface area contributed by atoms with Gasteiger partial charge in [0.05, 0.1) is 10.6 Å². The van der Waals surface area contributed by atoms with Gasteiger partial charge in [-0.05, 0) is 32.0 Å². The smallest absolute Gasteiger partial charge is 0.355 e. The van der Waals surface area contributed by atoms with E-state index in [-0.39, 0.29) is 16.3 Å². The van der Waals surface area contributed by atoms with Crippen LogP contribution in [0.15, 0.2) is 18.2 Å². The van der Waals surface area contributed by atoms with Crippen molar-refractivity contribution in [3.05, 3.63) is 28.8 Å². The Morgan fingerprint density at radius 3 is 2.59 bits per heavy atom. The lowest BCUT2D eigenvalue weighted by Crippen LogP contribution is -2.48. The Kier molecular flexibility index (Phi) is 6.06. The zero-order valence-corrected chi connectivity index (χ0v) is 12.8. The van der Waals surface area contributed by atoms with E-state index < -0.39 is 24.7 Å². The summed E-state index contributed by atoms with van der Waals surface area (Å²) in [5.74, 6) is -0.521. The average Bonchev–Trinajstić information content (AvgIpc) is 2.43. The second-order valence-corrected chi connectivity index (χ2v) is 5.00. The highest BCUT2D eigenvalue weighted by Crippen LogP contribution is 2.28. The molecule has 0 bridgehead atoms. The van der Waals surface area contributed by atoms with Gasteiger partial charge < -0.3 is 10.2 Å². The van der Waals surface area contributed by atoms with Crippen LogP contribution in [-0.2, 0) is 4.79 Å². The number of anilines is 1. The summed E-state index contributed by atoms with van der Waals surface area (Å²) in [6, 6.07) is 4.71. The van der Waals surface area contributed by atoms with Crippen LogP contribution in [0.4, 0.5) is 18.9 Å². The fraction of sp³-hybridized carbons (Fsp3) is 0.429. The number of amides is 1. The van der Waals surface area contributed by atoms with Gasteiger partial charge in [-0.3, -0.25) is 4.79 Å². The van der Waals surface area contributed by atoms with Crippen LogP contribution in [0.1, 0.15) is 19.4 Å². The molecule has 1 aromatic rings. The fourth-order valence-electron chi connectivity index (χ4n) is 1.88. The maximum atomic E-state index is 12.8. The summed E-state index contributed by atoms with van der Waals surface area (Å²) in [5.41, 5.74) is 0.281. The highest BCUT2D eigenvalue weighted by molar-refractivity contribution is 6.32. The molecule has 1 atom stereocenters. The lowest BCUT2D eigenvalue weighted by Gasteiger charge is -2.31. The predicted molar refractivity (Wildman–Crippen MR) is 77.7 cm³/mol. The fourth-order valence-corrected chi connectivity index (χ4v) is 2.10. The minimum atomic E-state index is -4.48. The number of rotatable bonds is 5. The van der Waals surface area contributed by atoms with E-state index in [0.717, 1.165) is 4.90 Å². The molecule has 0 aliphatic heterocycles. The van der Waals surface area contributed by atoms with Crippen molar-refractivity contribution in [3.63, 3.8) is 0 Å². The maximum absolute atomic E-state index is 12.8. The predicted octanol–water partition coefficient (Wildman–Crippen LogP) is 3.10. The van der Waals surface area contributed by atoms with Crippen LogP contribution in [0.2, 0.25) is 5.02 Å². The van der Waals surface area contributed by atoms with Crippen molar-refractivity contribution < 1.29 is 18.0 Å². The molecule has 22 heavy (non-hydrogen) atoms. The van der Waals surface area contributed by atoms with E-state index in [1.807, 2.05) is 6.07 Å². The summed E-state index contributed by atoms with van der Waals surface area (Å²) in [6.07, 6.45) is -4.48. The van der Waals surface area contributed by atoms with Crippen molar-refractivity contribution in [2.24, 2.45) is 0 Å². The third-order valence-corrected chi connectivity index (χ3v) is 3.27. The second-order valence-electron chi connectivity index (χ2n) is 4.59. The molecular weight excluding hydrogens is 319 g/mol. The van der Waals surface area contributed by atoms with Gasteiger partial charge in [-0.25, -0.2) is 0 Å². The topological polar surface area (TPSA) is 56.1 Å². The molecule has 0 aliphatic rings. The second kappa shape index (κ2) is 7.36. The highest BCUT2D eigenvalue weighted by atomic mass is 35.5. The van der Waals surface area contributed by atoms with Gasteiger partial charge in [-0.15, -0.1) is 0 Å². The van der Waals surface area contributed by atoms with Crippen LogP contribution >= 0.6 is 11.6 Å². The zero-order valence-electron chi connectivity index (χ0n) is 12.0. The molecule has 0 aromatic heterocycles. The monoisotopic (exact) mass is 333 g/mol. The normalized spacial score (nSPS) is 12.4. The molecule has 1 unspecified atom stereocenters. The standard InChI is InChI=1S/C14H15ClF3N3O/c1-3-20-13(22)9(2)21(8-14(16,17)18)11-5-4-10(7-19)12(15)6-11/h4-6,9H,3,8H2,1-2H3,(H,20,22). The molecule has 4 nitrogen and oxygen atoms in total. The molecular formula is C14H15ClF3N3O. The van der Waals surface area contributed by atoms with E-state index in [0.29, 0.717) is 6.54 Å². The van der Waals surface area contributed by atoms with Crippen molar-refractivity contribution in [1.82, 2.24) is 5.32 Å². The quantitative estimate of drug-likeness (QED) is 0.900. The number of carbonyl (C=O) groups is 1. The Bertz CT molecular complexity index is 584. The van der Waals surface area contributed by atoms with Gasteiger partial charge in [0, 0.05) is 12.2 Å². The minimum absolute atomic E-state index is 0.0373. The van der Waals surface area contributed by atoms with E-state index >= 15 is 0 Å². The average molecular weight is 334 g/mol. The van der Waals surface area contributed by atoms with Crippen LogP contribution in [0.25, 0.3) is 0 Å². The molecule has 0 fully saturated rings. The highest BCUT2D eigenvalue weighted by Gasteiger charge is 2.35. The summed E-state index contributed by atoms with van der Waals surface area (Å²) in [5, 5.41) is 11.3. The molecule has 1 rings (SSSR count). The number of nitrogens with one attached hydrogen (secondary N) is 1. The molecule has 0 aliphatic carbocycles. The number of nitrogens with zero attached hydrogens (tertiary/aromatic N) is 2.